The zero-order valence-electron chi connectivity index (χ0n) is 18.0. The van der Waals surface area contributed by atoms with E-state index in [1.165, 1.54) is 27.8 Å². The summed E-state index contributed by atoms with van der Waals surface area (Å²) in [5.74, 6) is 0. The van der Waals surface area contributed by atoms with Crippen LogP contribution in [-0.2, 0) is 11.8 Å². The molecule has 0 unspecified atom stereocenters. The van der Waals surface area contributed by atoms with Crippen molar-refractivity contribution in [2.24, 2.45) is 0 Å². The summed E-state index contributed by atoms with van der Waals surface area (Å²) < 4.78 is 0. The van der Waals surface area contributed by atoms with Gasteiger partial charge in [-0.15, -0.1) is 0 Å². The van der Waals surface area contributed by atoms with E-state index in [0.29, 0.717) is 6.04 Å². The molecule has 2 nitrogen and oxygen atoms in total. The fraction of sp³-hybridized carbons (Fsp3) is 0.321. The van der Waals surface area contributed by atoms with Crippen LogP contribution in [-0.4, -0.2) is 24.0 Å². The molecule has 30 heavy (non-hydrogen) atoms. The molecule has 3 aromatic carbocycles. The first-order valence-corrected chi connectivity index (χ1v) is 11.0. The fourth-order valence-corrected chi connectivity index (χ4v) is 4.86. The SMILES string of the molecule is CC(C)N(CCCC1(C#N)c2ccccc2-c2ccccc21)CCc1ccccc1. The van der Waals surface area contributed by atoms with Crippen LogP contribution in [0.15, 0.2) is 78.9 Å². The van der Waals surface area contributed by atoms with Gasteiger partial charge in [-0.2, -0.15) is 5.26 Å². The van der Waals surface area contributed by atoms with Gasteiger partial charge in [0, 0.05) is 12.6 Å². The van der Waals surface area contributed by atoms with Gasteiger partial charge in [-0.25, -0.2) is 0 Å². The molecule has 0 bridgehead atoms. The Bertz CT molecular complexity index is 984. The summed E-state index contributed by atoms with van der Waals surface area (Å²) in [4.78, 5) is 2.55. The van der Waals surface area contributed by atoms with E-state index >= 15 is 0 Å². The smallest absolute Gasteiger partial charge is 0.108 e. The van der Waals surface area contributed by atoms with Gasteiger partial charge < -0.3 is 4.90 Å². The number of nitrogens with zero attached hydrogens (tertiary/aromatic N) is 2. The van der Waals surface area contributed by atoms with E-state index in [-0.39, 0.29) is 0 Å². The zero-order chi connectivity index (χ0) is 21.0. The first kappa shape index (κ1) is 20.4. The number of benzene rings is 3. The largest absolute Gasteiger partial charge is 0.301 e. The Labute approximate surface area is 180 Å². The lowest BCUT2D eigenvalue weighted by molar-refractivity contribution is 0.217. The summed E-state index contributed by atoms with van der Waals surface area (Å²) in [5, 5.41) is 10.4. The predicted molar refractivity (Wildman–Crippen MR) is 124 cm³/mol. The lowest BCUT2D eigenvalue weighted by atomic mass is 9.76. The summed E-state index contributed by atoms with van der Waals surface area (Å²) in [5.41, 5.74) is 5.65. The molecule has 0 radical (unpaired) electrons. The summed E-state index contributed by atoms with van der Waals surface area (Å²) in [6, 6.07) is 30.8. The Morgan fingerprint density at radius 1 is 0.800 bits per heavy atom. The quantitative estimate of drug-likeness (QED) is 0.454. The van der Waals surface area contributed by atoms with E-state index in [4.69, 9.17) is 0 Å². The maximum absolute atomic E-state index is 10.4. The molecule has 0 aliphatic heterocycles. The highest BCUT2D eigenvalue weighted by atomic mass is 15.1. The highest BCUT2D eigenvalue weighted by Gasteiger charge is 2.42. The Morgan fingerprint density at radius 3 is 1.93 bits per heavy atom. The molecule has 0 atom stereocenters. The van der Waals surface area contributed by atoms with E-state index in [2.05, 4.69) is 104 Å². The van der Waals surface area contributed by atoms with Crippen molar-refractivity contribution < 1.29 is 0 Å². The number of hydrogen-bond acceptors (Lipinski definition) is 2. The first-order chi connectivity index (χ1) is 14.7. The molecule has 0 saturated heterocycles. The molecule has 0 saturated carbocycles. The zero-order valence-corrected chi connectivity index (χ0v) is 18.0. The van der Waals surface area contributed by atoms with Crippen LogP contribution in [0.5, 0.6) is 0 Å². The number of nitriles is 1. The molecular formula is C28H30N2. The molecule has 2 heteroatoms. The van der Waals surface area contributed by atoms with Gasteiger partial charge in [-0.05, 0) is 67.5 Å². The Balaban J connectivity index is 1.49. The van der Waals surface area contributed by atoms with Gasteiger partial charge in [0.05, 0.1) is 6.07 Å². The molecule has 3 aromatic rings. The van der Waals surface area contributed by atoms with Crippen molar-refractivity contribution in [3.63, 3.8) is 0 Å². The molecule has 0 amide bonds. The second kappa shape index (κ2) is 8.86. The summed E-state index contributed by atoms with van der Waals surface area (Å²) in [6.45, 7) is 6.60. The van der Waals surface area contributed by atoms with E-state index in [0.717, 1.165) is 32.4 Å². The van der Waals surface area contributed by atoms with Gasteiger partial charge in [-0.3, -0.25) is 0 Å². The second-order valence-electron chi connectivity index (χ2n) is 8.58. The molecule has 1 aliphatic rings. The summed E-state index contributed by atoms with van der Waals surface area (Å²) in [6.07, 6.45) is 2.92. The van der Waals surface area contributed by atoms with Crippen molar-refractivity contribution in [3.8, 4) is 17.2 Å². The minimum Gasteiger partial charge on any atom is -0.301 e. The second-order valence-corrected chi connectivity index (χ2v) is 8.58. The first-order valence-electron chi connectivity index (χ1n) is 11.0. The van der Waals surface area contributed by atoms with E-state index < -0.39 is 5.41 Å². The van der Waals surface area contributed by atoms with Crippen LogP contribution >= 0.6 is 0 Å². The predicted octanol–water partition coefficient (Wildman–Crippen LogP) is 6.21. The van der Waals surface area contributed by atoms with Crippen molar-refractivity contribution in [1.29, 1.82) is 5.26 Å². The average molecular weight is 395 g/mol. The molecule has 0 fully saturated rings. The third-order valence-electron chi connectivity index (χ3n) is 6.51. The van der Waals surface area contributed by atoms with Crippen LogP contribution in [0.3, 0.4) is 0 Å². The van der Waals surface area contributed by atoms with Crippen molar-refractivity contribution >= 4 is 0 Å². The van der Waals surface area contributed by atoms with Crippen molar-refractivity contribution in [2.45, 2.75) is 44.6 Å². The monoisotopic (exact) mass is 394 g/mol. The Kier molecular flexibility index (Phi) is 6.02. The van der Waals surface area contributed by atoms with Gasteiger partial charge in [0.2, 0.25) is 0 Å². The fourth-order valence-electron chi connectivity index (χ4n) is 4.86. The molecule has 0 heterocycles. The average Bonchev–Trinajstić information content (AvgIpc) is 3.07. The molecule has 152 valence electrons. The number of rotatable bonds is 8. The third-order valence-corrected chi connectivity index (χ3v) is 6.51. The Hall–Kier alpha value is -2.89. The van der Waals surface area contributed by atoms with Crippen molar-refractivity contribution in [1.82, 2.24) is 4.90 Å². The van der Waals surface area contributed by atoms with Crippen LogP contribution in [0.2, 0.25) is 0 Å². The maximum atomic E-state index is 10.4. The van der Waals surface area contributed by atoms with E-state index in [1.807, 2.05) is 0 Å². The minimum absolute atomic E-state index is 0.495. The molecule has 0 spiro atoms. The number of hydrogen-bond donors (Lipinski definition) is 0. The molecular weight excluding hydrogens is 364 g/mol. The van der Waals surface area contributed by atoms with Crippen LogP contribution in [0.4, 0.5) is 0 Å². The van der Waals surface area contributed by atoms with Crippen LogP contribution in [0.1, 0.15) is 43.4 Å². The lowest BCUT2D eigenvalue weighted by Gasteiger charge is -2.29. The standard InChI is InChI=1S/C28H30N2/c1-22(2)30(20-17-23-11-4-3-5-12-23)19-10-18-28(21-29)26-15-8-6-13-24(26)25-14-7-9-16-27(25)28/h3-9,11-16,22H,10,17-20H2,1-2H3. The van der Waals surface area contributed by atoms with Gasteiger partial charge >= 0.3 is 0 Å². The van der Waals surface area contributed by atoms with Crippen molar-refractivity contribution in [2.75, 3.05) is 13.1 Å². The maximum Gasteiger partial charge on any atom is 0.108 e. The molecule has 1 aliphatic carbocycles. The van der Waals surface area contributed by atoms with E-state index in [9.17, 15) is 5.26 Å². The molecule has 0 N–H and O–H groups in total. The van der Waals surface area contributed by atoms with Gasteiger partial charge in [0.25, 0.3) is 0 Å². The normalized spacial score (nSPS) is 13.8. The van der Waals surface area contributed by atoms with Gasteiger partial charge in [0.1, 0.15) is 5.41 Å². The van der Waals surface area contributed by atoms with Gasteiger partial charge in [-0.1, -0.05) is 78.9 Å². The minimum atomic E-state index is -0.532. The van der Waals surface area contributed by atoms with Crippen LogP contribution < -0.4 is 0 Å². The lowest BCUT2D eigenvalue weighted by Crippen LogP contribution is -2.35. The third kappa shape index (κ3) is 3.78. The topological polar surface area (TPSA) is 27.0 Å². The Morgan fingerprint density at radius 2 is 1.37 bits per heavy atom. The summed E-state index contributed by atoms with van der Waals surface area (Å²) >= 11 is 0. The highest BCUT2D eigenvalue weighted by molar-refractivity contribution is 5.82. The van der Waals surface area contributed by atoms with Crippen LogP contribution in [0.25, 0.3) is 11.1 Å². The number of fused-ring (bicyclic) bond motifs is 3. The summed E-state index contributed by atoms with van der Waals surface area (Å²) in [7, 11) is 0. The van der Waals surface area contributed by atoms with Crippen molar-refractivity contribution in [3.05, 3.63) is 95.6 Å². The van der Waals surface area contributed by atoms with Gasteiger partial charge in [0.15, 0.2) is 0 Å². The molecule has 4 rings (SSSR count). The highest BCUT2D eigenvalue weighted by Crippen LogP contribution is 2.50. The van der Waals surface area contributed by atoms with Crippen LogP contribution in [0, 0.1) is 11.3 Å². The molecule has 0 aromatic heterocycles. The van der Waals surface area contributed by atoms with E-state index in [1.54, 1.807) is 0 Å².